The van der Waals surface area contributed by atoms with Crippen LogP contribution >= 0.6 is 34.2 Å². The third-order valence-corrected chi connectivity index (χ3v) is 4.68. The molecule has 0 unspecified atom stereocenters. The number of ether oxygens (including phenoxy) is 1. The summed E-state index contributed by atoms with van der Waals surface area (Å²) in [5, 5.41) is 6.57. The van der Waals surface area contributed by atoms with Crippen LogP contribution in [0.15, 0.2) is 24.3 Å². The lowest BCUT2D eigenvalue weighted by Gasteiger charge is -2.26. The standard InChI is InChI=1S/C16H20ClIN6O/c17-14-21-15(19-5-6-24-7-9-25-10-8-24)23-16(22-14)20-11-12-1-3-13(18)4-2-12/h1-4H,5-11H2,(H2,19,20,21,22,23). The Bertz CT molecular complexity index is 681. The summed E-state index contributed by atoms with van der Waals surface area (Å²) >= 11 is 8.29. The van der Waals surface area contributed by atoms with E-state index in [0.717, 1.165) is 45.0 Å². The molecule has 0 aliphatic carbocycles. The SMILES string of the molecule is Clc1nc(NCCN2CCOCC2)nc(NCc2ccc(I)cc2)n1. The monoisotopic (exact) mass is 474 g/mol. The van der Waals surface area contributed by atoms with Gasteiger partial charge in [-0.2, -0.15) is 15.0 Å². The van der Waals surface area contributed by atoms with E-state index < -0.39 is 0 Å². The molecule has 2 N–H and O–H groups in total. The van der Waals surface area contributed by atoms with Gasteiger partial charge in [0.2, 0.25) is 17.2 Å². The van der Waals surface area contributed by atoms with E-state index in [9.17, 15) is 0 Å². The molecular formula is C16H20ClIN6O. The third-order valence-electron chi connectivity index (χ3n) is 3.79. The van der Waals surface area contributed by atoms with Crippen LogP contribution in [-0.4, -0.2) is 59.2 Å². The number of anilines is 2. The second kappa shape index (κ2) is 9.46. The van der Waals surface area contributed by atoms with Gasteiger partial charge in [0.05, 0.1) is 13.2 Å². The number of hydrogen-bond donors (Lipinski definition) is 2. The van der Waals surface area contributed by atoms with E-state index in [1.807, 2.05) is 0 Å². The van der Waals surface area contributed by atoms with Crippen LogP contribution in [0.1, 0.15) is 5.56 Å². The second-order valence-electron chi connectivity index (χ2n) is 5.61. The number of halogens is 2. The Morgan fingerprint density at radius 3 is 2.44 bits per heavy atom. The first kappa shape index (κ1) is 18.6. The molecule has 0 atom stereocenters. The van der Waals surface area contributed by atoms with Gasteiger partial charge in [0.25, 0.3) is 0 Å². The van der Waals surface area contributed by atoms with Gasteiger partial charge in [0.15, 0.2) is 0 Å². The molecule has 25 heavy (non-hydrogen) atoms. The van der Waals surface area contributed by atoms with Gasteiger partial charge in [-0.15, -0.1) is 0 Å². The molecule has 3 rings (SSSR count). The number of benzene rings is 1. The van der Waals surface area contributed by atoms with Crippen LogP contribution in [0.5, 0.6) is 0 Å². The topological polar surface area (TPSA) is 75.2 Å². The van der Waals surface area contributed by atoms with Gasteiger partial charge in [-0.25, -0.2) is 0 Å². The lowest BCUT2D eigenvalue weighted by molar-refractivity contribution is 0.0398. The minimum atomic E-state index is 0.175. The van der Waals surface area contributed by atoms with E-state index in [-0.39, 0.29) is 5.28 Å². The Hall–Kier alpha value is -1.23. The van der Waals surface area contributed by atoms with Crippen molar-refractivity contribution < 1.29 is 4.74 Å². The normalized spacial score (nSPS) is 15.1. The van der Waals surface area contributed by atoms with Crippen molar-refractivity contribution in [3.63, 3.8) is 0 Å². The highest BCUT2D eigenvalue weighted by molar-refractivity contribution is 14.1. The Balaban J connectivity index is 1.51. The van der Waals surface area contributed by atoms with Crippen molar-refractivity contribution >= 4 is 46.1 Å². The molecule has 0 amide bonds. The van der Waals surface area contributed by atoms with Gasteiger partial charge in [0, 0.05) is 36.3 Å². The maximum atomic E-state index is 6.01. The molecule has 1 saturated heterocycles. The number of nitrogens with one attached hydrogen (secondary N) is 2. The summed E-state index contributed by atoms with van der Waals surface area (Å²) in [7, 11) is 0. The second-order valence-corrected chi connectivity index (χ2v) is 7.20. The van der Waals surface area contributed by atoms with Crippen LogP contribution in [-0.2, 0) is 11.3 Å². The predicted molar refractivity (Wildman–Crippen MR) is 107 cm³/mol. The zero-order chi connectivity index (χ0) is 17.5. The molecule has 1 fully saturated rings. The molecule has 7 nitrogen and oxygen atoms in total. The molecule has 134 valence electrons. The Kier molecular flexibility index (Phi) is 7.02. The minimum Gasteiger partial charge on any atom is -0.379 e. The first-order valence-electron chi connectivity index (χ1n) is 8.13. The van der Waals surface area contributed by atoms with Gasteiger partial charge >= 0.3 is 0 Å². The van der Waals surface area contributed by atoms with E-state index in [1.165, 1.54) is 3.57 Å². The molecule has 0 radical (unpaired) electrons. The zero-order valence-corrected chi connectivity index (χ0v) is 16.6. The van der Waals surface area contributed by atoms with Crippen molar-refractivity contribution in [2.24, 2.45) is 0 Å². The highest BCUT2D eigenvalue weighted by Crippen LogP contribution is 2.12. The van der Waals surface area contributed by atoms with Crippen molar-refractivity contribution in [2.75, 3.05) is 50.0 Å². The van der Waals surface area contributed by atoms with Crippen LogP contribution in [0.2, 0.25) is 5.28 Å². The van der Waals surface area contributed by atoms with Crippen molar-refractivity contribution in [1.29, 1.82) is 0 Å². The van der Waals surface area contributed by atoms with Crippen molar-refractivity contribution in [2.45, 2.75) is 6.54 Å². The molecular weight excluding hydrogens is 455 g/mol. The zero-order valence-electron chi connectivity index (χ0n) is 13.7. The van der Waals surface area contributed by atoms with Crippen molar-refractivity contribution in [3.05, 3.63) is 38.7 Å². The molecule has 1 aromatic carbocycles. The maximum absolute atomic E-state index is 6.01. The maximum Gasteiger partial charge on any atom is 0.229 e. The van der Waals surface area contributed by atoms with Gasteiger partial charge in [-0.1, -0.05) is 12.1 Å². The fraction of sp³-hybridized carbons (Fsp3) is 0.438. The molecule has 0 saturated carbocycles. The van der Waals surface area contributed by atoms with Crippen LogP contribution in [0.3, 0.4) is 0 Å². The summed E-state index contributed by atoms with van der Waals surface area (Å²) in [6.45, 7) is 5.80. The molecule has 1 aliphatic heterocycles. The van der Waals surface area contributed by atoms with Crippen LogP contribution < -0.4 is 10.6 Å². The molecule has 0 spiro atoms. The molecule has 9 heteroatoms. The van der Waals surface area contributed by atoms with Crippen molar-refractivity contribution in [1.82, 2.24) is 19.9 Å². The van der Waals surface area contributed by atoms with E-state index in [4.69, 9.17) is 16.3 Å². The summed E-state index contributed by atoms with van der Waals surface area (Å²) in [5.74, 6) is 0.950. The van der Waals surface area contributed by atoms with Crippen molar-refractivity contribution in [3.8, 4) is 0 Å². The Morgan fingerprint density at radius 2 is 1.72 bits per heavy atom. The number of nitrogens with zero attached hydrogens (tertiary/aromatic N) is 4. The molecule has 0 bridgehead atoms. The highest BCUT2D eigenvalue weighted by Gasteiger charge is 2.10. The van der Waals surface area contributed by atoms with E-state index in [0.29, 0.717) is 18.4 Å². The van der Waals surface area contributed by atoms with Gasteiger partial charge in [-0.3, -0.25) is 4.90 Å². The Labute approximate surface area is 165 Å². The van der Waals surface area contributed by atoms with Crippen LogP contribution in [0.25, 0.3) is 0 Å². The largest absolute Gasteiger partial charge is 0.379 e. The smallest absolute Gasteiger partial charge is 0.229 e. The van der Waals surface area contributed by atoms with E-state index in [1.54, 1.807) is 0 Å². The van der Waals surface area contributed by atoms with Gasteiger partial charge < -0.3 is 15.4 Å². The number of hydrogen-bond acceptors (Lipinski definition) is 7. The summed E-state index contributed by atoms with van der Waals surface area (Å²) < 4.78 is 6.55. The van der Waals surface area contributed by atoms with Crippen LogP contribution in [0.4, 0.5) is 11.9 Å². The molecule has 1 aromatic heterocycles. The third kappa shape index (κ3) is 6.21. The summed E-state index contributed by atoms with van der Waals surface area (Å²) in [6, 6.07) is 8.27. The number of morpholine rings is 1. The number of rotatable bonds is 7. The minimum absolute atomic E-state index is 0.175. The quantitative estimate of drug-likeness (QED) is 0.597. The number of aromatic nitrogens is 3. The first-order valence-corrected chi connectivity index (χ1v) is 9.58. The average Bonchev–Trinajstić information content (AvgIpc) is 2.62. The first-order chi connectivity index (χ1) is 12.2. The van der Waals surface area contributed by atoms with Gasteiger partial charge in [0.1, 0.15) is 0 Å². The Morgan fingerprint density at radius 1 is 1.04 bits per heavy atom. The van der Waals surface area contributed by atoms with Gasteiger partial charge in [-0.05, 0) is 51.9 Å². The summed E-state index contributed by atoms with van der Waals surface area (Å²) in [6.07, 6.45) is 0. The molecule has 2 aromatic rings. The predicted octanol–water partition coefficient (Wildman–Crippen LogP) is 2.49. The summed E-state index contributed by atoms with van der Waals surface area (Å²) in [5.41, 5.74) is 1.15. The fourth-order valence-electron chi connectivity index (χ4n) is 2.44. The average molecular weight is 475 g/mol. The lowest BCUT2D eigenvalue weighted by atomic mass is 10.2. The van der Waals surface area contributed by atoms with E-state index in [2.05, 4.69) is 77.3 Å². The highest BCUT2D eigenvalue weighted by atomic mass is 127. The summed E-state index contributed by atoms with van der Waals surface area (Å²) in [4.78, 5) is 15.0. The fourth-order valence-corrected chi connectivity index (χ4v) is 2.96. The lowest BCUT2D eigenvalue weighted by Crippen LogP contribution is -2.39. The van der Waals surface area contributed by atoms with Crippen LogP contribution in [0, 0.1) is 3.57 Å². The molecule has 2 heterocycles. The van der Waals surface area contributed by atoms with E-state index >= 15 is 0 Å². The molecule has 1 aliphatic rings.